The summed E-state index contributed by atoms with van der Waals surface area (Å²) in [4.78, 5) is 22.9. The highest BCUT2D eigenvalue weighted by Crippen LogP contribution is 2.16. The number of carbonyl (C=O) groups is 2. The highest BCUT2D eigenvalue weighted by molar-refractivity contribution is 6.51. The smallest absolute Gasteiger partial charge is 0.379 e. The van der Waals surface area contributed by atoms with Crippen LogP contribution < -0.4 is 0 Å². The molecule has 0 radical (unpaired) electrons. The monoisotopic (exact) mass is 234 g/mol. The molecule has 0 aliphatic carbocycles. The second kappa shape index (κ2) is 5.84. The number of benzene rings is 1. The summed E-state index contributed by atoms with van der Waals surface area (Å²) in [6.45, 7) is 3.63. The number of hydrogen-bond donors (Lipinski definition) is 1. The topological polar surface area (TPSA) is 63.6 Å². The zero-order valence-electron chi connectivity index (χ0n) is 9.77. The van der Waals surface area contributed by atoms with E-state index in [1.54, 1.807) is 31.2 Å². The summed E-state index contributed by atoms with van der Waals surface area (Å²) in [5.41, 5.74) is 1.44. The molecule has 0 saturated carbocycles. The molecule has 0 aliphatic rings. The normalized spacial score (nSPS) is 11.1. The van der Waals surface area contributed by atoms with Gasteiger partial charge in [0.05, 0.1) is 18.4 Å². The first-order valence-corrected chi connectivity index (χ1v) is 5.23. The van der Waals surface area contributed by atoms with Gasteiger partial charge < -0.3 is 9.84 Å². The molecule has 0 unspecified atom stereocenters. The highest BCUT2D eigenvalue weighted by Gasteiger charge is 2.21. The molecule has 0 atom stereocenters. The second-order valence-electron chi connectivity index (χ2n) is 3.46. The van der Waals surface area contributed by atoms with Crippen molar-refractivity contribution in [2.75, 3.05) is 6.61 Å². The predicted octanol–water partition coefficient (Wildman–Crippen LogP) is 2.03. The lowest BCUT2D eigenvalue weighted by atomic mass is 10.0. The number of Topliss-reactive ketones (excluding diaryl/α,β-unsaturated/α-hetero) is 1. The average Bonchev–Trinajstić information content (AvgIpc) is 2.32. The van der Waals surface area contributed by atoms with Gasteiger partial charge in [-0.15, -0.1) is 0 Å². The summed E-state index contributed by atoms with van der Waals surface area (Å²) in [5.74, 6) is -1.81. The van der Waals surface area contributed by atoms with Gasteiger partial charge in [-0.1, -0.05) is 29.8 Å². The highest BCUT2D eigenvalue weighted by atomic mass is 16.5. The molecule has 0 heterocycles. The van der Waals surface area contributed by atoms with Crippen LogP contribution in [0.15, 0.2) is 30.5 Å². The number of esters is 1. The largest absolute Gasteiger partial charge is 0.515 e. The van der Waals surface area contributed by atoms with Crippen molar-refractivity contribution in [1.82, 2.24) is 0 Å². The number of aliphatic hydroxyl groups excluding tert-OH is 1. The molecule has 0 aromatic heterocycles. The zero-order valence-corrected chi connectivity index (χ0v) is 9.77. The fraction of sp³-hybridized carbons (Fsp3) is 0.231. The molecule has 0 fully saturated rings. The molecule has 90 valence electrons. The number of hydrogen-bond acceptors (Lipinski definition) is 4. The standard InChI is InChI=1S/C13H14O4/c1-3-17-13(16)12(15)11(8-14)10-6-4-9(2)5-7-10/h4-8,14H,3H2,1-2H3. The molecule has 1 N–H and O–H groups in total. The van der Waals surface area contributed by atoms with E-state index in [0.717, 1.165) is 5.56 Å². The van der Waals surface area contributed by atoms with Gasteiger partial charge in [-0.05, 0) is 19.4 Å². The van der Waals surface area contributed by atoms with Crippen LogP contribution in [-0.2, 0) is 14.3 Å². The van der Waals surface area contributed by atoms with E-state index in [0.29, 0.717) is 11.8 Å². The molecule has 0 spiro atoms. The Morgan fingerprint density at radius 2 is 1.88 bits per heavy atom. The Balaban J connectivity index is 2.97. The first kappa shape index (κ1) is 13.0. The maximum absolute atomic E-state index is 11.6. The van der Waals surface area contributed by atoms with Crippen molar-refractivity contribution in [3.8, 4) is 0 Å². The maximum atomic E-state index is 11.6. The van der Waals surface area contributed by atoms with Crippen LogP contribution in [0.25, 0.3) is 5.57 Å². The Morgan fingerprint density at radius 3 is 2.35 bits per heavy atom. The van der Waals surface area contributed by atoms with Gasteiger partial charge in [0.25, 0.3) is 5.78 Å². The molecular weight excluding hydrogens is 220 g/mol. The maximum Gasteiger partial charge on any atom is 0.379 e. The molecule has 4 nitrogen and oxygen atoms in total. The summed E-state index contributed by atoms with van der Waals surface area (Å²) in [7, 11) is 0. The van der Waals surface area contributed by atoms with Gasteiger partial charge in [0, 0.05) is 0 Å². The zero-order chi connectivity index (χ0) is 12.8. The summed E-state index contributed by atoms with van der Waals surface area (Å²) in [6.07, 6.45) is 0.629. The summed E-state index contributed by atoms with van der Waals surface area (Å²) in [5, 5.41) is 9.05. The van der Waals surface area contributed by atoms with Crippen LogP contribution in [0.1, 0.15) is 18.1 Å². The lowest BCUT2D eigenvalue weighted by molar-refractivity contribution is -0.150. The first-order chi connectivity index (χ1) is 8.10. The van der Waals surface area contributed by atoms with Crippen molar-refractivity contribution in [3.05, 3.63) is 41.7 Å². The minimum atomic E-state index is -0.964. The van der Waals surface area contributed by atoms with Crippen molar-refractivity contribution in [2.45, 2.75) is 13.8 Å². The lowest BCUT2D eigenvalue weighted by Gasteiger charge is -2.05. The minimum Gasteiger partial charge on any atom is -0.515 e. The van der Waals surface area contributed by atoms with Crippen LogP contribution in [0.4, 0.5) is 0 Å². The Labute approximate surface area is 99.5 Å². The van der Waals surface area contributed by atoms with E-state index in [1.165, 1.54) is 0 Å². The predicted molar refractivity (Wildman–Crippen MR) is 63.4 cm³/mol. The Hall–Kier alpha value is -2.10. The Bertz CT molecular complexity index is 443. The van der Waals surface area contributed by atoms with Gasteiger partial charge in [-0.25, -0.2) is 4.79 Å². The van der Waals surface area contributed by atoms with E-state index in [9.17, 15) is 9.59 Å². The number of ketones is 1. The number of aryl methyl sites for hydroxylation is 1. The SMILES string of the molecule is CCOC(=O)C(=O)C(=CO)c1ccc(C)cc1. The first-order valence-electron chi connectivity index (χ1n) is 5.23. The third kappa shape index (κ3) is 3.17. The molecule has 1 aromatic carbocycles. The van der Waals surface area contributed by atoms with Gasteiger partial charge in [0.1, 0.15) is 0 Å². The molecule has 17 heavy (non-hydrogen) atoms. The van der Waals surface area contributed by atoms with Crippen LogP contribution >= 0.6 is 0 Å². The van der Waals surface area contributed by atoms with Gasteiger partial charge in [0.15, 0.2) is 0 Å². The molecule has 1 rings (SSSR count). The van der Waals surface area contributed by atoms with Gasteiger partial charge in [-0.3, -0.25) is 4.79 Å². The third-order valence-electron chi connectivity index (χ3n) is 2.20. The average molecular weight is 234 g/mol. The summed E-state index contributed by atoms with van der Waals surface area (Å²) >= 11 is 0. The quantitative estimate of drug-likeness (QED) is 0.374. The van der Waals surface area contributed by atoms with Crippen LogP contribution in [-0.4, -0.2) is 23.5 Å². The molecule has 0 bridgehead atoms. The van der Waals surface area contributed by atoms with Crippen molar-refractivity contribution >= 4 is 17.3 Å². The second-order valence-corrected chi connectivity index (χ2v) is 3.46. The van der Waals surface area contributed by atoms with Gasteiger partial charge >= 0.3 is 5.97 Å². The van der Waals surface area contributed by atoms with Crippen LogP contribution in [0.2, 0.25) is 0 Å². The van der Waals surface area contributed by atoms with E-state index in [4.69, 9.17) is 5.11 Å². The van der Waals surface area contributed by atoms with Crippen molar-refractivity contribution in [3.63, 3.8) is 0 Å². The molecule has 1 aromatic rings. The summed E-state index contributed by atoms with van der Waals surface area (Å²) in [6, 6.07) is 6.90. The summed E-state index contributed by atoms with van der Waals surface area (Å²) < 4.78 is 4.59. The Kier molecular flexibility index (Phi) is 4.46. The van der Waals surface area contributed by atoms with Crippen molar-refractivity contribution in [2.24, 2.45) is 0 Å². The number of rotatable bonds is 4. The molecule has 0 amide bonds. The lowest BCUT2D eigenvalue weighted by Crippen LogP contribution is -2.18. The molecule has 4 heteroatoms. The van der Waals surface area contributed by atoms with E-state index < -0.39 is 11.8 Å². The van der Waals surface area contributed by atoms with Crippen LogP contribution in [0, 0.1) is 6.92 Å². The van der Waals surface area contributed by atoms with Crippen LogP contribution in [0.5, 0.6) is 0 Å². The molecule has 0 saturated heterocycles. The van der Waals surface area contributed by atoms with Gasteiger partial charge in [0.2, 0.25) is 0 Å². The van der Waals surface area contributed by atoms with E-state index in [-0.39, 0.29) is 12.2 Å². The number of aliphatic hydroxyl groups is 1. The number of ether oxygens (including phenoxy) is 1. The van der Waals surface area contributed by atoms with E-state index in [2.05, 4.69) is 4.74 Å². The fourth-order valence-electron chi connectivity index (χ4n) is 1.30. The van der Waals surface area contributed by atoms with E-state index in [1.807, 2.05) is 6.92 Å². The van der Waals surface area contributed by atoms with E-state index >= 15 is 0 Å². The minimum absolute atomic E-state index is 0.0662. The Morgan fingerprint density at radius 1 is 1.29 bits per heavy atom. The number of carbonyl (C=O) groups excluding carboxylic acids is 2. The third-order valence-corrected chi connectivity index (χ3v) is 2.20. The van der Waals surface area contributed by atoms with Crippen molar-refractivity contribution < 1.29 is 19.4 Å². The molecule has 0 aliphatic heterocycles. The van der Waals surface area contributed by atoms with Crippen molar-refractivity contribution in [1.29, 1.82) is 0 Å². The van der Waals surface area contributed by atoms with Gasteiger partial charge in [-0.2, -0.15) is 0 Å². The van der Waals surface area contributed by atoms with Crippen LogP contribution in [0.3, 0.4) is 0 Å². The fourth-order valence-corrected chi connectivity index (χ4v) is 1.30. The molecular formula is C13H14O4.